The van der Waals surface area contributed by atoms with E-state index in [9.17, 15) is 8.78 Å². The average molecular weight is 491 g/mol. The molecule has 1 aromatic carbocycles. The molecule has 0 radical (unpaired) electrons. The Morgan fingerprint density at radius 1 is 0.629 bits per heavy atom. The predicted octanol–water partition coefficient (Wildman–Crippen LogP) is 10.8. The highest BCUT2D eigenvalue weighted by molar-refractivity contribution is 5.33. The van der Waals surface area contributed by atoms with Crippen molar-refractivity contribution < 1.29 is 13.5 Å². The zero-order chi connectivity index (χ0) is 24.9. The van der Waals surface area contributed by atoms with E-state index in [4.69, 9.17) is 4.74 Å². The molecule has 1 aromatic rings. The number of benzene rings is 1. The molecule has 0 aliphatic heterocycles. The van der Waals surface area contributed by atoms with Gasteiger partial charge in [-0.1, -0.05) is 110 Å². The Bertz CT molecular complexity index is 702. The van der Waals surface area contributed by atoms with Gasteiger partial charge < -0.3 is 4.74 Å². The number of halogens is 2. The van der Waals surface area contributed by atoms with Gasteiger partial charge in [-0.2, -0.15) is 4.39 Å². The molecule has 0 N–H and O–H groups in total. The van der Waals surface area contributed by atoms with E-state index >= 15 is 0 Å². The van der Waals surface area contributed by atoms with E-state index in [0.29, 0.717) is 12.2 Å². The average Bonchev–Trinajstić information content (AvgIpc) is 2.88. The van der Waals surface area contributed by atoms with Crippen molar-refractivity contribution >= 4 is 0 Å². The van der Waals surface area contributed by atoms with Crippen LogP contribution in [0.25, 0.3) is 0 Å². The molecule has 0 atom stereocenters. The Kier molecular flexibility index (Phi) is 12.9. The van der Waals surface area contributed by atoms with Crippen molar-refractivity contribution in [2.75, 3.05) is 6.61 Å². The van der Waals surface area contributed by atoms with Gasteiger partial charge in [-0.15, -0.1) is 0 Å². The van der Waals surface area contributed by atoms with Gasteiger partial charge in [-0.3, -0.25) is 0 Å². The van der Waals surface area contributed by atoms with Crippen molar-refractivity contribution in [1.82, 2.24) is 0 Å². The van der Waals surface area contributed by atoms with E-state index in [-0.39, 0.29) is 11.7 Å². The lowest BCUT2D eigenvalue weighted by Crippen LogP contribution is -2.18. The molecular weight excluding hydrogens is 438 g/mol. The normalized spacial score (nSPS) is 25.0. The van der Waals surface area contributed by atoms with Crippen LogP contribution in [0.2, 0.25) is 0 Å². The second-order valence-electron chi connectivity index (χ2n) is 11.7. The molecule has 0 saturated heterocycles. The van der Waals surface area contributed by atoms with E-state index < -0.39 is 11.6 Å². The number of hydrogen-bond donors (Lipinski definition) is 0. The van der Waals surface area contributed by atoms with E-state index in [0.717, 1.165) is 56.3 Å². The minimum Gasteiger partial charge on any atom is -0.490 e. The molecule has 0 heterocycles. The van der Waals surface area contributed by atoms with Crippen LogP contribution in [0.3, 0.4) is 0 Å². The van der Waals surface area contributed by atoms with Gasteiger partial charge in [0.05, 0.1) is 6.61 Å². The summed E-state index contributed by atoms with van der Waals surface area (Å²) in [5, 5.41) is 0. The minimum absolute atomic E-state index is 0.0792. The third-order valence-corrected chi connectivity index (χ3v) is 9.03. The zero-order valence-corrected chi connectivity index (χ0v) is 22.8. The molecule has 35 heavy (non-hydrogen) atoms. The van der Waals surface area contributed by atoms with E-state index in [1.807, 2.05) is 0 Å². The lowest BCUT2D eigenvalue weighted by Gasteiger charge is -2.32. The van der Waals surface area contributed by atoms with Crippen LogP contribution >= 0.6 is 0 Å². The molecule has 0 spiro atoms. The molecule has 2 aliphatic carbocycles. The summed E-state index contributed by atoms with van der Waals surface area (Å²) in [5.41, 5.74) is 0.567. The molecule has 3 heteroatoms. The quantitative estimate of drug-likeness (QED) is 0.222. The molecule has 2 saturated carbocycles. The Balaban J connectivity index is 1.35. The van der Waals surface area contributed by atoms with Crippen LogP contribution < -0.4 is 4.74 Å². The summed E-state index contributed by atoms with van der Waals surface area (Å²) in [5.74, 6) is 1.47. The van der Waals surface area contributed by atoms with Crippen LogP contribution in [0, 0.1) is 29.4 Å². The molecule has 0 bridgehead atoms. The maximum atomic E-state index is 14.9. The topological polar surface area (TPSA) is 9.23 Å². The SMILES string of the molecule is CCCCCCCOc1ccc([C@H]2CC[C@H](CCC3CCC(CCCCC)CC3)CC2)c(F)c1F. The zero-order valence-electron chi connectivity index (χ0n) is 22.8. The monoisotopic (exact) mass is 490 g/mol. The van der Waals surface area contributed by atoms with Gasteiger partial charge in [0.15, 0.2) is 11.6 Å². The molecule has 0 unspecified atom stereocenters. The molecule has 2 fully saturated rings. The van der Waals surface area contributed by atoms with Crippen molar-refractivity contribution in [3.8, 4) is 5.75 Å². The third-order valence-electron chi connectivity index (χ3n) is 9.03. The number of hydrogen-bond acceptors (Lipinski definition) is 1. The number of ether oxygens (including phenoxy) is 1. The maximum absolute atomic E-state index is 14.9. The van der Waals surface area contributed by atoms with Gasteiger partial charge in [0.1, 0.15) is 0 Å². The van der Waals surface area contributed by atoms with Crippen molar-refractivity contribution in [3.63, 3.8) is 0 Å². The number of unbranched alkanes of at least 4 members (excludes halogenated alkanes) is 6. The fraction of sp³-hybridized carbons (Fsp3) is 0.812. The minimum atomic E-state index is -0.788. The highest BCUT2D eigenvalue weighted by Gasteiger charge is 2.28. The largest absolute Gasteiger partial charge is 0.490 e. The summed E-state index contributed by atoms with van der Waals surface area (Å²) in [6.07, 6.45) is 24.0. The molecule has 1 nitrogen and oxygen atoms in total. The Morgan fingerprint density at radius 2 is 1.17 bits per heavy atom. The highest BCUT2D eigenvalue weighted by atomic mass is 19.2. The van der Waals surface area contributed by atoms with Crippen LogP contribution in [-0.2, 0) is 0 Å². The van der Waals surface area contributed by atoms with Gasteiger partial charge in [0.2, 0.25) is 5.82 Å². The Morgan fingerprint density at radius 3 is 1.80 bits per heavy atom. The molecule has 3 rings (SSSR count). The van der Waals surface area contributed by atoms with Gasteiger partial charge in [0.25, 0.3) is 0 Å². The van der Waals surface area contributed by atoms with E-state index in [1.54, 1.807) is 12.1 Å². The first kappa shape index (κ1) is 28.5. The van der Waals surface area contributed by atoms with Gasteiger partial charge >= 0.3 is 0 Å². The summed E-state index contributed by atoms with van der Waals surface area (Å²) in [6.45, 7) is 4.94. The van der Waals surface area contributed by atoms with Crippen molar-refractivity contribution in [1.29, 1.82) is 0 Å². The summed E-state index contributed by atoms with van der Waals surface area (Å²) in [4.78, 5) is 0. The summed E-state index contributed by atoms with van der Waals surface area (Å²) < 4.78 is 35.1. The van der Waals surface area contributed by atoms with Crippen molar-refractivity contribution in [2.24, 2.45) is 17.8 Å². The first-order valence-electron chi connectivity index (χ1n) is 15.2. The molecular formula is C32H52F2O. The van der Waals surface area contributed by atoms with E-state index in [1.165, 1.54) is 83.5 Å². The standard InChI is InChI=1S/C32H52F2O/c1-3-5-7-8-10-24-35-30-23-22-29(31(33)32(30)34)28-20-18-27(19-21-28)17-16-26-14-12-25(13-15-26)11-9-6-4-2/h22-23,25-28H,3-21,24H2,1-2H3/t25?,26?,27-,28-. The van der Waals surface area contributed by atoms with E-state index in [2.05, 4.69) is 13.8 Å². The molecule has 0 aromatic heterocycles. The van der Waals surface area contributed by atoms with Crippen LogP contribution in [-0.4, -0.2) is 6.61 Å². The Hall–Kier alpha value is -1.12. The molecule has 0 amide bonds. The fourth-order valence-electron chi connectivity index (χ4n) is 6.59. The van der Waals surface area contributed by atoms with Gasteiger partial charge in [0, 0.05) is 0 Å². The summed E-state index contributed by atoms with van der Waals surface area (Å²) in [7, 11) is 0. The summed E-state index contributed by atoms with van der Waals surface area (Å²) in [6, 6.07) is 3.44. The highest BCUT2D eigenvalue weighted by Crippen LogP contribution is 2.41. The Labute approximate surface area is 214 Å². The smallest absolute Gasteiger partial charge is 0.200 e. The first-order valence-corrected chi connectivity index (χ1v) is 15.2. The van der Waals surface area contributed by atoms with Gasteiger partial charge in [-0.25, -0.2) is 4.39 Å². The molecule has 2 aliphatic rings. The second-order valence-corrected chi connectivity index (χ2v) is 11.7. The number of rotatable bonds is 15. The van der Waals surface area contributed by atoms with Crippen LogP contribution in [0.15, 0.2) is 12.1 Å². The van der Waals surface area contributed by atoms with Crippen LogP contribution in [0.1, 0.15) is 147 Å². The van der Waals surface area contributed by atoms with Crippen molar-refractivity contribution in [2.45, 2.75) is 142 Å². The lowest BCUT2D eigenvalue weighted by atomic mass is 9.74. The second kappa shape index (κ2) is 15.9. The molecule has 200 valence electrons. The van der Waals surface area contributed by atoms with Gasteiger partial charge in [-0.05, 0) is 67.4 Å². The lowest BCUT2D eigenvalue weighted by molar-refractivity contribution is 0.221. The van der Waals surface area contributed by atoms with Crippen LogP contribution in [0.5, 0.6) is 5.75 Å². The van der Waals surface area contributed by atoms with Crippen molar-refractivity contribution in [3.05, 3.63) is 29.3 Å². The fourth-order valence-corrected chi connectivity index (χ4v) is 6.59. The first-order chi connectivity index (χ1) is 17.1. The predicted molar refractivity (Wildman–Crippen MR) is 144 cm³/mol. The third kappa shape index (κ3) is 9.36. The van der Waals surface area contributed by atoms with Crippen LogP contribution in [0.4, 0.5) is 8.78 Å². The summed E-state index contributed by atoms with van der Waals surface area (Å²) >= 11 is 0. The maximum Gasteiger partial charge on any atom is 0.200 e.